The molecule has 1 saturated heterocycles. The maximum Gasteiger partial charge on any atom is 0.338 e. The third-order valence-electron chi connectivity index (χ3n) is 5.51. The number of carboxylic acid groups (broad SMARTS) is 1. The summed E-state index contributed by atoms with van der Waals surface area (Å²) in [6.45, 7) is 1.72. The van der Waals surface area contributed by atoms with Gasteiger partial charge >= 0.3 is 5.97 Å². The Morgan fingerprint density at radius 1 is 1.10 bits per heavy atom. The number of fused-ring (bicyclic) bond motifs is 1. The highest BCUT2D eigenvalue weighted by molar-refractivity contribution is 5.91. The Kier molecular flexibility index (Phi) is 4.82. The fraction of sp³-hybridized carbons (Fsp3) is 0.217. The maximum absolute atomic E-state index is 15.0. The van der Waals surface area contributed by atoms with E-state index >= 15 is 0 Å². The summed E-state index contributed by atoms with van der Waals surface area (Å²) in [5, 5.41) is 14.0. The summed E-state index contributed by atoms with van der Waals surface area (Å²) in [5.41, 5.74) is 2.12. The van der Waals surface area contributed by atoms with Gasteiger partial charge in [0, 0.05) is 37.2 Å². The van der Waals surface area contributed by atoms with Gasteiger partial charge in [-0.3, -0.25) is 0 Å². The highest BCUT2D eigenvalue weighted by atomic mass is 19.1. The van der Waals surface area contributed by atoms with Crippen molar-refractivity contribution in [3.05, 3.63) is 77.4 Å². The van der Waals surface area contributed by atoms with Crippen LogP contribution in [0.4, 0.5) is 10.2 Å². The number of halogens is 1. The number of benzene rings is 2. The summed E-state index contributed by atoms with van der Waals surface area (Å²) in [4.78, 5) is 22.6. The summed E-state index contributed by atoms with van der Waals surface area (Å²) in [6.07, 6.45) is 5.20. The second kappa shape index (κ2) is 7.79. The molecule has 31 heavy (non-hydrogen) atoms. The second-order valence-electron chi connectivity index (χ2n) is 7.64. The van der Waals surface area contributed by atoms with E-state index in [0.717, 1.165) is 42.7 Å². The lowest BCUT2D eigenvalue weighted by molar-refractivity contribution is 0.0697. The van der Waals surface area contributed by atoms with E-state index in [2.05, 4.69) is 15.0 Å². The molecule has 8 heteroatoms. The number of anilines is 1. The number of carboxylic acids is 1. The Morgan fingerprint density at radius 3 is 2.58 bits per heavy atom. The largest absolute Gasteiger partial charge is 0.478 e. The number of rotatable bonds is 5. The Bertz CT molecular complexity index is 1270. The maximum atomic E-state index is 15.0. The lowest BCUT2D eigenvalue weighted by Gasteiger charge is -2.20. The van der Waals surface area contributed by atoms with Crippen LogP contribution in [0, 0.1) is 5.82 Å². The predicted molar refractivity (Wildman–Crippen MR) is 114 cm³/mol. The average Bonchev–Trinajstić information content (AvgIpc) is 3.47. The molecule has 0 amide bonds. The molecule has 2 aromatic carbocycles. The molecule has 0 atom stereocenters. The molecule has 0 spiro atoms. The summed E-state index contributed by atoms with van der Waals surface area (Å²) < 4.78 is 16.3. The molecule has 156 valence electrons. The van der Waals surface area contributed by atoms with Gasteiger partial charge in [0.1, 0.15) is 11.6 Å². The van der Waals surface area contributed by atoms with Crippen LogP contribution in [0.1, 0.15) is 34.3 Å². The minimum Gasteiger partial charge on any atom is -0.478 e. The van der Waals surface area contributed by atoms with Gasteiger partial charge in [-0.1, -0.05) is 30.3 Å². The quantitative estimate of drug-likeness (QED) is 0.531. The Labute approximate surface area is 177 Å². The van der Waals surface area contributed by atoms with Crippen molar-refractivity contribution in [1.29, 1.82) is 0 Å². The number of hydrogen-bond donors (Lipinski definition) is 1. The first kappa shape index (κ1) is 19.2. The highest BCUT2D eigenvalue weighted by Gasteiger charge is 2.21. The van der Waals surface area contributed by atoms with E-state index in [9.17, 15) is 14.3 Å². The van der Waals surface area contributed by atoms with Gasteiger partial charge in [-0.15, -0.1) is 0 Å². The van der Waals surface area contributed by atoms with Crippen LogP contribution in [0.25, 0.3) is 16.9 Å². The van der Waals surface area contributed by atoms with Crippen molar-refractivity contribution in [2.45, 2.75) is 19.3 Å². The zero-order valence-corrected chi connectivity index (χ0v) is 16.7. The first-order valence-electron chi connectivity index (χ1n) is 10.2. The molecule has 2 aromatic heterocycles. The summed E-state index contributed by atoms with van der Waals surface area (Å²) in [6, 6.07) is 13.0. The van der Waals surface area contributed by atoms with Gasteiger partial charge in [-0.05, 0) is 30.0 Å². The third kappa shape index (κ3) is 3.72. The first-order valence-corrected chi connectivity index (χ1v) is 10.2. The van der Waals surface area contributed by atoms with E-state index in [4.69, 9.17) is 4.98 Å². The number of carbonyl (C=O) groups is 1. The van der Waals surface area contributed by atoms with E-state index < -0.39 is 5.97 Å². The number of nitrogens with zero attached hydrogens (tertiary/aromatic N) is 5. The van der Waals surface area contributed by atoms with Crippen molar-refractivity contribution in [2.24, 2.45) is 0 Å². The van der Waals surface area contributed by atoms with E-state index in [1.165, 1.54) is 23.1 Å². The van der Waals surface area contributed by atoms with Crippen LogP contribution in [-0.4, -0.2) is 43.9 Å². The number of aromatic nitrogens is 4. The van der Waals surface area contributed by atoms with Crippen molar-refractivity contribution in [3.8, 4) is 5.95 Å². The van der Waals surface area contributed by atoms with Crippen LogP contribution in [0.5, 0.6) is 0 Å². The minimum absolute atomic E-state index is 0.0378. The van der Waals surface area contributed by atoms with E-state index in [1.807, 2.05) is 36.4 Å². The number of aromatic carboxylic acids is 1. The zero-order valence-electron chi connectivity index (χ0n) is 16.7. The van der Waals surface area contributed by atoms with Crippen molar-refractivity contribution < 1.29 is 14.3 Å². The van der Waals surface area contributed by atoms with Gasteiger partial charge in [0.2, 0.25) is 0 Å². The van der Waals surface area contributed by atoms with E-state index in [0.29, 0.717) is 17.5 Å². The lowest BCUT2D eigenvalue weighted by atomic mass is 10.0. The molecule has 1 aliphatic heterocycles. The topological polar surface area (TPSA) is 84.1 Å². The molecule has 7 nitrogen and oxygen atoms in total. The molecule has 0 bridgehead atoms. The predicted octanol–water partition coefficient (Wildman–Crippen LogP) is 3.84. The van der Waals surface area contributed by atoms with Crippen LogP contribution >= 0.6 is 0 Å². The molecule has 0 aliphatic carbocycles. The standard InChI is InChI=1S/C23H20FN5O2/c24-19-12-20-18(11-16(19)10-15-6-2-1-3-7-15)21(28-8-4-5-9-28)27-23(26-20)29-14-17(13-25-29)22(30)31/h1-3,6-7,11-14H,4-5,8-10H2,(H,30,31). The molecule has 1 aliphatic rings. The van der Waals surface area contributed by atoms with Crippen LogP contribution in [0.15, 0.2) is 54.9 Å². The Balaban J connectivity index is 1.64. The normalized spacial score (nSPS) is 13.8. The molecule has 4 aromatic rings. The summed E-state index contributed by atoms with van der Waals surface area (Å²) in [5.74, 6) is -0.472. The molecule has 1 fully saturated rings. The van der Waals surface area contributed by atoms with Crippen LogP contribution in [0.2, 0.25) is 0 Å². The molecule has 0 saturated carbocycles. The van der Waals surface area contributed by atoms with Gasteiger partial charge < -0.3 is 10.0 Å². The molecule has 0 radical (unpaired) electrons. The molecule has 1 N–H and O–H groups in total. The Morgan fingerprint density at radius 2 is 1.87 bits per heavy atom. The van der Waals surface area contributed by atoms with Gasteiger partial charge in [-0.2, -0.15) is 10.1 Å². The van der Waals surface area contributed by atoms with Gasteiger partial charge in [0.05, 0.1) is 17.3 Å². The first-order chi connectivity index (χ1) is 15.1. The van der Waals surface area contributed by atoms with E-state index in [-0.39, 0.29) is 17.3 Å². The van der Waals surface area contributed by atoms with Gasteiger partial charge in [0.25, 0.3) is 5.95 Å². The van der Waals surface area contributed by atoms with Crippen molar-refractivity contribution in [2.75, 3.05) is 18.0 Å². The van der Waals surface area contributed by atoms with Crippen LogP contribution < -0.4 is 4.90 Å². The summed E-state index contributed by atoms with van der Waals surface area (Å²) in [7, 11) is 0. The monoisotopic (exact) mass is 417 g/mol. The zero-order chi connectivity index (χ0) is 21.4. The fourth-order valence-electron chi connectivity index (χ4n) is 3.93. The smallest absolute Gasteiger partial charge is 0.338 e. The highest BCUT2D eigenvalue weighted by Crippen LogP contribution is 2.30. The third-order valence-corrected chi connectivity index (χ3v) is 5.51. The molecule has 5 rings (SSSR count). The van der Waals surface area contributed by atoms with Gasteiger partial charge in [0.15, 0.2) is 0 Å². The second-order valence-corrected chi connectivity index (χ2v) is 7.64. The lowest BCUT2D eigenvalue weighted by Crippen LogP contribution is -2.21. The molecule has 3 heterocycles. The molecular weight excluding hydrogens is 397 g/mol. The van der Waals surface area contributed by atoms with Crippen LogP contribution in [0.3, 0.4) is 0 Å². The fourth-order valence-corrected chi connectivity index (χ4v) is 3.93. The molecular formula is C23H20FN5O2. The minimum atomic E-state index is -1.08. The van der Waals surface area contributed by atoms with Gasteiger partial charge in [-0.25, -0.2) is 18.9 Å². The Hall–Kier alpha value is -3.81. The molecule has 0 unspecified atom stereocenters. The average molecular weight is 417 g/mol. The van der Waals surface area contributed by atoms with Crippen LogP contribution in [-0.2, 0) is 6.42 Å². The van der Waals surface area contributed by atoms with Crippen molar-refractivity contribution in [1.82, 2.24) is 19.7 Å². The van der Waals surface area contributed by atoms with Crippen molar-refractivity contribution in [3.63, 3.8) is 0 Å². The summed E-state index contributed by atoms with van der Waals surface area (Å²) >= 11 is 0. The van der Waals surface area contributed by atoms with E-state index in [1.54, 1.807) is 0 Å². The van der Waals surface area contributed by atoms with Crippen molar-refractivity contribution >= 4 is 22.7 Å². The number of hydrogen-bond acceptors (Lipinski definition) is 5. The SMILES string of the molecule is O=C(O)c1cnn(-c2nc(N3CCCC3)c3cc(Cc4ccccc4)c(F)cc3n2)c1.